The van der Waals surface area contributed by atoms with Crippen molar-refractivity contribution in [3.8, 4) is 0 Å². The van der Waals surface area contributed by atoms with Crippen LogP contribution in [0, 0.1) is 0 Å². The monoisotopic (exact) mass is 463 g/mol. The Morgan fingerprint density at radius 2 is 1.03 bits per heavy atom. The van der Waals surface area contributed by atoms with Gasteiger partial charge in [-0.15, -0.1) is 0 Å². The number of esters is 1. The molecule has 0 aromatic heterocycles. The van der Waals surface area contributed by atoms with Gasteiger partial charge in [0.25, 0.3) is 0 Å². The van der Waals surface area contributed by atoms with Gasteiger partial charge in [0.2, 0.25) is 5.91 Å². The maximum Gasteiger partial charge on any atom is 0.329 e. The zero-order valence-electron chi connectivity index (χ0n) is 19.9. The minimum atomic E-state index is -1.02. The van der Waals surface area contributed by atoms with E-state index in [9.17, 15) is 9.59 Å². The molecule has 0 aliphatic heterocycles. The highest BCUT2D eigenvalue weighted by molar-refractivity contribution is 5.95. The number of benzene rings is 4. The third kappa shape index (κ3) is 5.02. The second-order valence-corrected chi connectivity index (χ2v) is 8.63. The molecule has 4 aromatic carbocycles. The van der Waals surface area contributed by atoms with Gasteiger partial charge in [0.1, 0.15) is 6.04 Å². The van der Waals surface area contributed by atoms with Crippen molar-refractivity contribution in [1.29, 1.82) is 0 Å². The molecule has 1 amide bonds. The predicted octanol–water partition coefficient (Wildman–Crippen LogP) is 5.48. The summed E-state index contributed by atoms with van der Waals surface area (Å²) in [5.74, 6) is -1.20. The van der Waals surface area contributed by atoms with Crippen LogP contribution in [-0.2, 0) is 19.7 Å². The number of hydrogen-bond donors (Lipinski definition) is 1. The number of nitrogens with one attached hydrogen (secondary N) is 1. The number of amides is 1. The average Bonchev–Trinajstić information content (AvgIpc) is 2.93. The van der Waals surface area contributed by atoms with E-state index in [1.54, 1.807) is 0 Å². The van der Waals surface area contributed by atoms with Crippen molar-refractivity contribution in [3.05, 3.63) is 144 Å². The number of carbonyl (C=O) groups excluding carboxylic acids is 2. The summed E-state index contributed by atoms with van der Waals surface area (Å²) in [5.41, 5.74) is 2.48. The zero-order chi connectivity index (χ0) is 24.7. The van der Waals surface area contributed by atoms with E-state index >= 15 is 0 Å². The lowest BCUT2D eigenvalue weighted by molar-refractivity contribution is -0.146. The Morgan fingerprint density at radius 1 is 0.657 bits per heavy atom. The Balaban J connectivity index is 1.81. The molecule has 0 unspecified atom stereocenters. The number of rotatable bonds is 8. The van der Waals surface area contributed by atoms with Crippen LogP contribution in [0.25, 0.3) is 0 Å². The summed E-state index contributed by atoms with van der Waals surface area (Å²) in [6, 6.07) is 37.8. The van der Waals surface area contributed by atoms with E-state index in [1.165, 1.54) is 7.11 Å². The van der Waals surface area contributed by atoms with Gasteiger partial charge in [0, 0.05) is 5.92 Å². The number of methoxy groups -OCH3 is 1. The second kappa shape index (κ2) is 10.8. The standard InChI is InChI=1S/C31H29NO3/c1-31(25-19-11-5-12-20-25,26-21-13-6-14-22-26)30(34)32-28(29(33)35-2)27(23-15-7-3-8-16-23)24-17-9-4-10-18-24/h3-22,27-28H,1-2H3,(H,32,34)/t28-/m0/s1. The van der Waals surface area contributed by atoms with Crippen LogP contribution in [0.5, 0.6) is 0 Å². The molecular formula is C31H29NO3. The summed E-state index contributed by atoms with van der Waals surface area (Å²) in [4.78, 5) is 27.3. The Labute approximate surface area is 206 Å². The van der Waals surface area contributed by atoms with Crippen LogP contribution >= 0.6 is 0 Å². The lowest BCUT2D eigenvalue weighted by Crippen LogP contribution is -2.52. The van der Waals surface area contributed by atoms with Gasteiger partial charge in [0.05, 0.1) is 12.5 Å². The second-order valence-electron chi connectivity index (χ2n) is 8.63. The zero-order valence-corrected chi connectivity index (χ0v) is 19.9. The van der Waals surface area contributed by atoms with E-state index < -0.39 is 23.3 Å². The molecule has 4 nitrogen and oxygen atoms in total. The molecule has 0 radical (unpaired) electrons. The van der Waals surface area contributed by atoms with Crippen molar-refractivity contribution in [3.63, 3.8) is 0 Å². The van der Waals surface area contributed by atoms with Crippen LogP contribution < -0.4 is 5.32 Å². The highest BCUT2D eigenvalue weighted by Gasteiger charge is 2.41. The van der Waals surface area contributed by atoms with Gasteiger partial charge >= 0.3 is 5.97 Å². The molecule has 0 bridgehead atoms. The topological polar surface area (TPSA) is 55.4 Å². The molecule has 0 spiro atoms. The maximum atomic E-state index is 14.1. The van der Waals surface area contributed by atoms with Gasteiger partial charge in [-0.25, -0.2) is 4.79 Å². The normalized spacial score (nSPS) is 12.1. The quantitative estimate of drug-likeness (QED) is 0.352. The smallest absolute Gasteiger partial charge is 0.329 e. The summed E-state index contributed by atoms with van der Waals surface area (Å²) >= 11 is 0. The van der Waals surface area contributed by atoms with E-state index in [0.29, 0.717) is 0 Å². The van der Waals surface area contributed by atoms with Crippen molar-refractivity contribution in [2.24, 2.45) is 0 Å². The summed E-state index contributed by atoms with van der Waals surface area (Å²) in [6.07, 6.45) is 0. The number of carbonyl (C=O) groups is 2. The van der Waals surface area contributed by atoms with Crippen molar-refractivity contribution < 1.29 is 14.3 Å². The lowest BCUT2D eigenvalue weighted by Gasteiger charge is -2.34. The number of hydrogen-bond acceptors (Lipinski definition) is 3. The molecule has 4 rings (SSSR count). The molecule has 0 heterocycles. The van der Waals surface area contributed by atoms with Crippen LogP contribution in [0.1, 0.15) is 35.1 Å². The minimum Gasteiger partial charge on any atom is -0.467 e. The van der Waals surface area contributed by atoms with E-state index in [4.69, 9.17) is 4.74 Å². The van der Waals surface area contributed by atoms with Crippen LogP contribution in [0.2, 0.25) is 0 Å². The molecule has 1 N–H and O–H groups in total. The molecule has 0 fully saturated rings. The van der Waals surface area contributed by atoms with Gasteiger partial charge in [-0.2, -0.15) is 0 Å². The molecule has 4 aromatic rings. The van der Waals surface area contributed by atoms with Crippen LogP contribution in [0.4, 0.5) is 0 Å². The van der Waals surface area contributed by atoms with E-state index in [2.05, 4.69) is 5.32 Å². The fraction of sp³-hybridized carbons (Fsp3) is 0.161. The Morgan fingerprint density at radius 3 is 1.40 bits per heavy atom. The summed E-state index contributed by atoms with van der Waals surface area (Å²) < 4.78 is 5.21. The first kappa shape index (κ1) is 24.0. The Hall–Kier alpha value is -4.18. The fourth-order valence-electron chi connectivity index (χ4n) is 4.56. The molecule has 176 valence electrons. The molecule has 35 heavy (non-hydrogen) atoms. The predicted molar refractivity (Wildman–Crippen MR) is 138 cm³/mol. The van der Waals surface area contributed by atoms with E-state index in [0.717, 1.165) is 22.3 Å². The molecule has 0 aliphatic rings. The first-order valence-electron chi connectivity index (χ1n) is 11.7. The maximum absolute atomic E-state index is 14.1. The molecule has 4 heteroatoms. The molecule has 0 saturated carbocycles. The van der Waals surface area contributed by atoms with Crippen LogP contribution in [0.3, 0.4) is 0 Å². The van der Waals surface area contributed by atoms with Crippen molar-refractivity contribution in [1.82, 2.24) is 5.32 Å². The first-order valence-corrected chi connectivity index (χ1v) is 11.7. The average molecular weight is 464 g/mol. The first-order chi connectivity index (χ1) is 17.1. The third-order valence-electron chi connectivity index (χ3n) is 6.55. The summed E-state index contributed by atoms with van der Waals surface area (Å²) in [6.45, 7) is 1.89. The largest absolute Gasteiger partial charge is 0.467 e. The summed E-state index contributed by atoms with van der Waals surface area (Å²) in [5, 5.41) is 3.09. The molecule has 1 atom stereocenters. The van der Waals surface area contributed by atoms with Crippen molar-refractivity contribution in [2.45, 2.75) is 24.3 Å². The Kier molecular flexibility index (Phi) is 7.41. The van der Waals surface area contributed by atoms with Gasteiger partial charge < -0.3 is 10.1 Å². The highest BCUT2D eigenvalue weighted by Crippen LogP contribution is 2.34. The van der Waals surface area contributed by atoms with Crippen LogP contribution in [-0.4, -0.2) is 25.0 Å². The number of ether oxygens (including phenoxy) is 1. The lowest BCUT2D eigenvalue weighted by atomic mass is 9.74. The van der Waals surface area contributed by atoms with Gasteiger partial charge in [-0.1, -0.05) is 121 Å². The van der Waals surface area contributed by atoms with Crippen molar-refractivity contribution >= 4 is 11.9 Å². The minimum absolute atomic E-state index is 0.276. The van der Waals surface area contributed by atoms with E-state index in [-0.39, 0.29) is 5.91 Å². The van der Waals surface area contributed by atoms with Crippen molar-refractivity contribution in [2.75, 3.05) is 7.11 Å². The Bertz CT molecular complexity index is 1160. The summed E-state index contributed by atoms with van der Waals surface area (Å²) in [7, 11) is 1.35. The van der Waals surface area contributed by atoms with E-state index in [1.807, 2.05) is 128 Å². The molecule has 0 saturated heterocycles. The molecule has 0 aliphatic carbocycles. The third-order valence-corrected chi connectivity index (χ3v) is 6.55. The molecular weight excluding hydrogens is 434 g/mol. The van der Waals surface area contributed by atoms with Gasteiger partial charge in [-0.3, -0.25) is 4.79 Å². The fourth-order valence-corrected chi connectivity index (χ4v) is 4.56. The highest BCUT2D eigenvalue weighted by atomic mass is 16.5. The van der Waals surface area contributed by atoms with Gasteiger partial charge in [0.15, 0.2) is 0 Å². The SMILES string of the molecule is COC(=O)[C@@H](NC(=O)C(C)(c1ccccc1)c1ccccc1)C(c1ccccc1)c1ccccc1. The van der Waals surface area contributed by atoms with Crippen LogP contribution in [0.15, 0.2) is 121 Å². The van der Waals surface area contributed by atoms with Gasteiger partial charge in [-0.05, 0) is 29.2 Å².